The standard InChI is InChI=1S/C46H29N3O/c1-4-13-30(14-5-1)43-45-44(48-46(47-43)31-15-6-2-7-16-31)39-26-24-35(29-42(39)50-45)33-18-12-17-32(27-33)34-23-25-38-37-21-10-11-22-40(37)49(41(38)28-34)36-19-8-3-9-20-36/h1-29H. The number of rotatable bonds is 5. The van der Waals surface area contributed by atoms with Crippen molar-refractivity contribution in [2.45, 2.75) is 0 Å². The lowest BCUT2D eigenvalue weighted by molar-refractivity contribution is 0.667. The molecule has 0 radical (unpaired) electrons. The van der Waals surface area contributed by atoms with Gasteiger partial charge in [0.15, 0.2) is 11.4 Å². The second-order valence-corrected chi connectivity index (χ2v) is 12.6. The second kappa shape index (κ2) is 11.4. The molecule has 10 rings (SSSR count). The third-order valence-corrected chi connectivity index (χ3v) is 9.61. The predicted octanol–water partition coefficient (Wildman–Crippen LogP) is 12.1. The molecule has 0 fully saturated rings. The van der Waals surface area contributed by atoms with Gasteiger partial charge in [0.05, 0.1) is 11.0 Å². The summed E-state index contributed by atoms with van der Waals surface area (Å²) in [5, 5.41) is 3.46. The molecule has 0 spiro atoms. The molecule has 0 aliphatic rings. The maximum absolute atomic E-state index is 6.61. The Balaban J connectivity index is 1.10. The minimum atomic E-state index is 0.680. The highest BCUT2D eigenvalue weighted by Crippen LogP contribution is 2.39. The highest BCUT2D eigenvalue weighted by molar-refractivity contribution is 6.10. The van der Waals surface area contributed by atoms with Gasteiger partial charge in [0.2, 0.25) is 0 Å². The molecule has 0 amide bonds. The SMILES string of the molecule is c1ccc(-c2nc(-c3ccccc3)c3oc4cc(-c5cccc(-c6ccc7c8ccccc8n(-c8ccccc8)c7c6)c5)ccc4c3n2)cc1. The molecule has 3 aromatic heterocycles. The number of hydrogen-bond acceptors (Lipinski definition) is 3. The van der Waals surface area contributed by atoms with Crippen molar-refractivity contribution >= 4 is 43.9 Å². The van der Waals surface area contributed by atoms with E-state index in [1.165, 1.54) is 27.4 Å². The Morgan fingerprint density at radius 3 is 1.74 bits per heavy atom. The quantitative estimate of drug-likeness (QED) is 0.188. The van der Waals surface area contributed by atoms with Crippen molar-refractivity contribution in [1.29, 1.82) is 0 Å². The fourth-order valence-electron chi connectivity index (χ4n) is 7.21. The monoisotopic (exact) mass is 639 g/mol. The number of para-hydroxylation sites is 2. The number of nitrogens with zero attached hydrogens (tertiary/aromatic N) is 3. The molecule has 0 saturated heterocycles. The van der Waals surface area contributed by atoms with E-state index < -0.39 is 0 Å². The van der Waals surface area contributed by atoms with E-state index in [4.69, 9.17) is 14.4 Å². The smallest absolute Gasteiger partial charge is 0.180 e. The van der Waals surface area contributed by atoms with E-state index >= 15 is 0 Å². The van der Waals surface area contributed by atoms with Crippen molar-refractivity contribution in [2.75, 3.05) is 0 Å². The van der Waals surface area contributed by atoms with E-state index in [2.05, 4.69) is 132 Å². The summed E-state index contributed by atoms with van der Waals surface area (Å²) in [6, 6.07) is 61.5. The Hall–Kier alpha value is -6.78. The Morgan fingerprint density at radius 1 is 0.400 bits per heavy atom. The van der Waals surface area contributed by atoms with Crippen LogP contribution in [-0.4, -0.2) is 14.5 Å². The molecule has 4 heteroatoms. The molecule has 0 aliphatic carbocycles. The normalized spacial score (nSPS) is 11.6. The lowest BCUT2D eigenvalue weighted by Gasteiger charge is -2.10. The Kier molecular flexibility index (Phi) is 6.46. The summed E-state index contributed by atoms with van der Waals surface area (Å²) in [5.74, 6) is 0.680. The van der Waals surface area contributed by atoms with Gasteiger partial charge in [0, 0.05) is 33.0 Å². The number of furan rings is 1. The van der Waals surface area contributed by atoms with E-state index in [1.807, 2.05) is 48.5 Å². The van der Waals surface area contributed by atoms with E-state index in [1.54, 1.807) is 0 Å². The summed E-state index contributed by atoms with van der Waals surface area (Å²) in [6.45, 7) is 0. The van der Waals surface area contributed by atoms with E-state index in [9.17, 15) is 0 Å². The zero-order valence-electron chi connectivity index (χ0n) is 27.0. The Morgan fingerprint density at radius 2 is 0.980 bits per heavy atom. The topological polar surface area (TPSA) is 43.9 Å². The molecular weight excluding hydrogens is 611 g/mol. The van der Waals surface area contributed by atoms with Crippen molar-refractivity contribution in [1.82, 2.24) is 14.5 Å². The van der Waals surface area contributed by atoms with Crippen LogP contribution in [0.5, 0.6) is 0 Å². The van der Waals surface area contributed by atoms with E-state index in [0.717, 1.165) is 55.7 Å². The molecule has 234 valence electrons. The lowest BCUT2D eigenvalue weighted by Crippen LogP contribution is -1.93. The minimum Gasteiger partial charge on any atom is -0.452 e. The van der Waals surface area contributed by atoms with Gasteiger partial charge in [-0.2, -0.15) is 0 Å². The molecule has 0 unspecified atom stereocenters. The first-order valence-electron chi connectivity index (χ1n) is 16.8. The summed E-state index contributed by atoms with van der Waals surface area (Å²) in [4.78, 5) is 10.1. The summed E-state index contributed by atoms with van der Waals surface area (Å²) >= 11 is 0. The van der Waals surface area contributed by atoms with E-state index in [-0.39, 0.29) is 0 Å². The molecule has 10 aromatic rings. The van der Waals surface area contributed by atoms with Gasteiger partial charge in [0.1, 0.15) is 16.8 Å². The Bertz CT molecular complexity index is 2850. The molecule has 50 heavy (non-hydrogen) atoms. The van der Waals surface area contributed by atoms with Crippen LogP contribution in [-0.2, 0) is 0 Å². The second-order valence-electron chi connectivity index (χ2n) is 12.6. The van der Waals surface area contributed by atoms with Crippen LogP contribution < -0.4 is 0 Å². The van der Waals surface area contributed by atoms with Crippen LogP contribution >= 0.6 is 0 Å². The average Bonchev–Trinajstić information content (AvgIpc) is 3.73. The highest BCUT2D eigenvalue weighted by Gasteiger charge is 2.19. The molecule has 3 heterocycles. The number of fused-ring (bicyclic) bond motifs is 6. The van der Waals surface area contributed by atoms with Crippen LogP contribution in [0.4, 0.5) is 0 Å². The zero-order chi connectivity index (χ0) is 33.0. The number of aromatic nitrogens is 3. The van der Waals surface area contributed by atoms with E-state index in [0.29, 0.717) is 11.4 Å². The first kappa shape index (κ1) is 28.3. The number of benzene rings is 7. The van der Waals surface area contributed by atoms with Gasteiger partial charge >= 0.3 is 0 Å². The van der Waals surface area contributed by atoms with Crippen LogP contribution in [0, 0.1) is 0 Å². The molecule has 0 saturated carbocycles. The summed E-state index contributed by atoms with van der Waals surface area (Å²) in [7, 11) is 0. The van der Waals surface area contributed by atoms with Crippen molar-refractivity contribution in [3.05, 3.63) is 176 Å². The van der Waals surface area contributed by atoms with Gasteiger partial charge in [-0.3, -0.25) is 0 Å². The maximum Gasteiger partial charge on any atom is 0.180 e. The third kappa shape index (κ3) is 4.61. The van der Waals surface area contributed by atoms with Gasteiger partial charge in [0.25, 0.3) is 0 Å². The summed E-state index contributed by atoms with van der Waals surface area (Å²) in [6.07, 6.45) is 0. The molecule has 0 atom stereocenters. The van der Waals surface area contributed by atoms with Gasteiger partial charge < -0.3 is 8.98 Å². The largest absolute Gasteiger partial charge is 0.452 e. The first-order chi connectivity index (χ1) is 24.8. The molecule has 7 aromatic carbocycles. The summed E-state index contributed by atoms with van der Waals surface area (Å²) < 4.78 is 8.97. The molecule has 0 N–H and O–H groups in total. The van der Waals surface area contributed by atoms with Crippen LogP contribution in [0.1, 0.15) is 0 Å². The molecule has 4 nitrogen and oxygen atoms in total. The lowest BCUT2D eigenvalue weighted by atomic mass is 9.97. The van der Waals surface area contributed by atoms with Gasteiger partial charge in [-0.05, 0) is 64.7 Å². The highest BCUT2D eigenvalue weighted by atomic mass is 16.3. The third-order valence-electron chi connectivity index (χ3n) is 9.61. The van der Waals surface area contributed by atoms with Gasteiger partial charge in [-0.1, -0.05) is 133 Å². The number of hydrogen-bond donors (Lipinski definition) is 0. The Labute approximate surface area is 288 Å². The molecular formula is C46H29N3O. The van der Waals surface area contributed by atoms with Crippen LogP contribution in [0.2, 0.25) is 0 Å². The van der Waals surface area contributed by atoms with Crippen molar-refractivity contribution in [3.63, 3.8) is 0 Å². The van der Waals surface area contributed by atoms with Crippen molar-refractivity contribution in [3.8, 4) is 50.6 Å². The molecule has 0 bridgehead atoms. The molecule has 0 aliphatic heterocycles. The van der Waals surface area contributed by atoms with Crippen molar-refractivity contribution < 1.29 is 4.42 Å². The predicted molar refractivity (Wildman–Crippen MR) is 205 cm³/mol. The zero-order valence-corrected chi connectivity index (χ0v) is 27.0. The van der Waals surface area contributed by atoms with Crippen LogP contribution in [0.25, 0.3) is 94.5 Å². The maximum atomic E-state index is 6.61. The fourth-order valence-corrected chi connectivity index (χ4v) is 7.21. The van der Waals surface area contributed by atoms with Crippen LogP contribution in [0.15, 0.2) is 180 Å². The average molecular weight is 640 g/mol. The summed E-state index contributed by atoms with van der Waals surface area (Å²) in [5.41, 5.74) is 13.1. The van der Waals surface area contributed by atoms with Crippen molar-refractivity contribution in [2.24, 2.45) is 0 Å². The van der Waals surface area contributed by atoms with Gasteiger partial charge in [-0.25, -0.2) is 9.97 Å². The fraction of sp³-hybridized carbons (Fsp3) is 0. The van der Waals surface area contributed by atoms with Gasteiger partial charge in [-0.15, -0.1) is 0 Å². The first-order valence-corrected chi connectivity index (χ1v) is 16.8. The van der Waals surface area contributed by atoms with Crippen LogP contribution in [0.3, 0.4) is 0 Å². The minimum absolute atomic E-state index is 0.680.